The predicted molar refractivity (Wildman–Crippen MR) is 102 cm³/mol. The first-order chi connectivity index (χ1) is 12.6. The van der Waals surface area contributed by atoms with Gasteiger partial charge in [-0.3, -0.25) is 9.59 Å². The highest BCUT2D eigenvalue weighted by molar-refractivity contribution is 7.09. The highest BCUT2D eigenvalue weighted by atomic mass is 32.1. The van der Waals surface area contributed by atoms with Crippen molar-refractivity contribution in [2.45, 2.75) is 38.6 Å². The fourth-order valence-electron chi connectivity index (χ4n) is 3.13. The van der Waals surface area contributed by atoms with Gasteiger partial charge in [0, 0.05) is 23.5 Å². The van der Waals surface area contributed by atoms with E-state index in [0.29, 0.717) is 25.2 Å². The van der Waals surface area contributed by atoms with Crippen LogP contribution in [0, 0.1) is 5.82 Å². The van der Waals surface area contributed by atoms with Crippen molar-refractivity contribution in [3.05, 3.63) is 52.5 Å². The van der Waals surface area contributed by atoms with E-state index in [1.807, 2.05) is 17.5 Å². The van der Waals surface area contributed by atoms with Crippen LogP contribution in [0.5, 0.6) is 0 Å². The van der Waals surface area contributed by atoms with Crippen molar-refractivity contribution in [3.63, 3.8) is 0 Å². The maximum Gasteiger partial charge on any atom is 0.246 e. The van der Waals surface area contributed by atoms with E-state index in [9.17, 15) is 14.0 Å². The molecule has 0 atom stereocenters. The molecule has 0 radical (unpaired) electrons. The maximum atomic E-state index is 13.3. The van der Waals surface area contributed by atoms with E-state index in [-0.39, 0.29) is 24.2 Å². The van der Waals surface area contributed by atoms with Crippen molar-refractivity contribution >= 4 is 28.8 Å². The summed E-state index contributed by atoms with van der Waals surface area (Å²) >= 11 is 1.57. The lowest BCUT2D eigenvalue weighted by molar-refractivity contribution is -0.135. The third-order valence-corrected chi connectivity index (χ3v) is 5.44. The topological polar surface area (TPSA) is 40.6 Å². The van der Waals surface area contributed by atoms with E-state index in [2.05, 4.69) is 0 Å². The zero-order chi connectivity index (χ0) is 18.4. The molecule has 1 fully saturated rings. The molecule has 0 unspecified atom stereocenters. The van der Waals surface area contributed by atoms with Gasteiger partial charge in [-0.15, -0.1) is 11.3 Å². The van der Waals surface area contributed by atoms with Gasteiger partial charge in [0.25, 0.3) is 0 Å². The molecule has 1 aromatic heterocycles. The average Bonchev–Trinajstić information content (AvgIpc) is 3.13. The van der Waals surface area contributed by atoms with Crippen LogP contribution in [0.2, 0.25) is 0 Å². The predicted octanol–water partition coefficient (Wildman–Crippen LogP) is 4.21. The molecule has 1 aliphatic heterocycles. The molecule has 2 amide bonds. The number of likely N-dealkylation sites (tertiary alicyclic amines) is 1. The third kappa shape index (κ3) is 4.91. The van der Waals surface area contributed by atoms with Gasteiger partial charge < -0.3 is 9.80 Å². The first kappa shape index (κ1) is 18.6. The van der Waals surface area contributed by atoms with E-state index in [0.717, 1.165) is 30.6 Å². The Bertz CT molecular complexity index is 731. The summed E-state index contributed by atoms with van der Waals surface area (Å²) < 4.78 is 13.3. The maximum absolute atomic E-state index is 13.3. The lowest BCUT2D eigenvalue weighted by atomic mass is 10.1. The summed E-state index contributed by atoms with van der Waals surface area (Å²) in [7, 11) is 0. The Morgan fingerprint density at radius 3 is 2.62 bits per heavy atom. The minimum absolute atomic E-state index is 0.0493. The largest absolute Gasteiger partial charge is 0.333 e. The second kappa shape index (κ2) is 8.94. The molecule has 4 nitrogen and oxygen atoms in total. The lowest BCUT2D eigenvalue weighted by Crippen LogP contribution is -2.43. The fraction of sp³-hybridized carbons (Fsp3) is 0.400. The van der Waals surface area contributed by atoms with Crippen molar-refractivity contribution < 1.29 is 14.0 Å². The second-order valence-corrected chi connectivity index (χ2v) is 7.55. The minimum Gasteiger partial charge on any atom is -0.333 e. The van der Waals surface area contributed by atoms with Crippen molar-refractivity contribution in [2.75, 3.05) is 18.0 Å². The lowest BCUT2D eigenvalue weighted by Gasteiger charge is -2.28. The standard InChI is InChI=1S/C20H23FN2O2S/c21-16-8-10-17(11-9-16)23(14-18-6-5-13-26-18)20(25)15-22-12-4-2-1-3-7-19(22)24/h5-6,8-11,13H,1-4,7,12,14-15H2. The van der Waals surface area contributed by atoms with E-state index >= 15 is 0 Å². The number of amides is 2. The van der Waals surface area contributed by atoms with Crippen molar-refractivity contribution in [1.29, 1.82) is 0 Å². The number of nitrogens with zero attached hydrogens (tertiary/aromatic N) is 2. The van der Waals surface area contributed by atoms with Gasteiger partial charge in [-0.25, -0.2) is 4.39 Å². The molecule has 0 bridgehead atoms. The summed E-state index contributed by atoms with van der Waals surface area (Å²) in [6.45, 7) is 1.12. The van der Waals surface area contributed by atoms with E-state index in [1.165, 1.54) is 12.1 Å². The highest BCUT2D eigenvalue weighted by Crippen LogP contribution is 2.21. The SMILES string of the molecule is O=C1CCCCCCN1CC(=O)N(Cc1cccs1)c1ccc(F)cc1. The summed E-state index contributed by atoms with van der Waals surface area (Å²) in [4.78, 5) is 29.7. The Balaban J connectivity index is 1.77. The molecule has 1 aromatic carbocycles. The van der Waals surface area contributed by atoms with Crippen LogP contribution in [0.15, 0.2) is 41.8 Å². The highest BCUT2D eigenvalue weighted by Gasteiger charge is 2.23. The summed E-state index contributed by atoms with van der Waals surface area (Å²) in [5.74, 6) is -0.427. The summed E-state index contributed by atoms with van der Waals surface area (Å²) in [6, 6.07) is 9.83. The number of thiophene rings is 1. The van der Waals surface area contributed by atoms with E-state index < -0.39 is 0 Å². The molecule has 0 saturated carbocycles. The van der Waals surface area contributed by atoms with Crippen LogP contribution >= 0.6 is 11.3 Å². The third-order valence-electron chi connectivity index (χ3n) is 4.58. The number of rotatable bonds is 5. The Kier molecular flexibility index (Phi) is 6.39. The number of carbonyl (C=O) groups excluding carboxylic acids is 2. The normalized spacial score (nSPS) is 15.4. The summed E-state index contributed by atoms with van der Waals surface area (Å²) in [5.41, 5.74) is 0.643. The Morgan fingerprint density at radius 2 is 1.88 bits per heavy atom. The van der Waals surface area contributed by atoms with Gasteiger partial charge in [0.1, 0.15) is 12.4 Å². The number of hydrogen-bond donors (Lipinski definition) is 0. The van der Waals surface area contributed by atoms with Gasteiger partial charge in [-0.05, 0) is 48.6 Å². The van der Waals surface area contributed by atoms with E-state index in [4.69, 9.17) is 0 Å². The number of benzene rings is 1. The van der Waals surface area contributed by atoms with Crippen LogP contribution in [0.4, 0.5) is 10.1 Å². The summed E-state index contributed by atoms with van der Waals surface area (Å²) in [5, 5.41) is 1.96. The van der Waals surface area contributed by atoms with Crippen molar-refractivity contribution in [3.8, 4) is 0 Å². The molecule has 138 valence electrons. The van der Waals surface area contributed by atoms with Gasteiger partial charge in [0.15, 0.2) is 0 Å². The molecule has 1 aliphatic rings. The van der Waals surface area contributed by atoms with Crippen LogP contribution in [0.3, 0.4) is 0 Å². The van der Waals surface area contributed by atoms with Crippen molar-refractivity contribution in [2.24, 2.45) is 0 Å². The second-order valence-electron chi connectivity index (χ2n) is 6.52. The van der Waals surface area contributed by atoms with Crippen LogP contribution in [-0.4, -0.2) is 29.8 Å². The minimum atomic E-state index is -0.337. The van der Waals surface area contributed by atoms with Crippen molar-refractivity contribution in [1.82, 2.24) is 4.90 Å². The molecular formula is C20H23FN2O2S. The zero-order valence-electron chi connectivity index (χ0n) is 14.7. The van der Waals surface area contributed by atoms with Gasteiger partial charge in [-0.1, -0.05) is 18.9 Å². The van der Waals surface area contributed by atoms with Crippen LogP contribution in [0.1, 0.15) is 37.0 Å². The Morgan fingerprint density at radius 1 is 1.12 bits per heavy atom. The molecule has 1 saturated heterocycles. The van der Waals surface area contributed by atoms with Crippen LogP contribution < -0.4 is 4.90 Å². The number of anilines is 1. The van der Waals surface area contributed by atoms with Gasteiger partial charge in [0.2, 0.25) is 11.8 Å². The molecule has 3 rings (SSSR count). The first-order valence-electron chi connectivity index (χ1n) is 8.99. The fourth-order valence-corrected chi connectivity index (χ4v) is 3.83. The van der Waals surface area contributed by atoms with Gasteiger partial charge in [-0.2, -0.15) is 0 Å². The Hall–Kier alpha value is -2.21. The van der Waals surface area contributed by atoms with Gasteiger partial charge >= 0.3 is 0 Å². The molecule has 2 heterocycles. The molecule has 0 spiro atoms. The van der Waals surface area contributed by atoms with Crippen LogP contribution in [0.25, 0.3) is 0 Å². The smallest absolute Gasteiger partial charge is 0.246 e. The number of hydrogen-bond acceptors (Lipinski definition) is 3. The van der Waals surface area contributed by atoms with E-state index in [1.54, 1.807) is 33.3 Å². The molecule has 2 aromatic rings. The number of carbonyl (C=O) groups is 2. The summed E-state index contributed by atoms with van der Waals surface area (Å²) in [6.07, 6.45) is 4.50. The molecule has 6 heteroatoms. The molecule has 0 aliphatic carbocycles. The monoisotopic (exact) mass is 374 g/mol. The average molecular weight is 374 g/mol. The first-order valence-corrected chi connectivity index (χ1v) is 9.87. The molecular weight excluding hydrogens is 351 g/mol. The van der Waals surface area contributed by atoms with Gasteiger partial charge in [0.05, 0.1) is 6.54 Å². The zero-order valence-corrected chi connectivity index (χ0v) is 15.5. The Labute approximate surface area is 157 Å². The van der Waals surface area contributed by atoms with Crippen LogP contribution in [-0.2, 0) is 16.1 Å². The number of halogens is 1. The molecule has 26 heavy (non-hydrogen) atoms. The quantitative estimate of drug-likeness (QED) is 0.786. The molecule has 0 N–H and O–H groups in total.